The van der Waals surface area contributed by atoms with E-state index in [1.807, 2.05) is 0 Å². The van der Waals surface area contributed by atoms with Gasteiger partial charge in [0, 0.05) is 18.7 Å². The lowest BCUT2D eigenvalue weighted by molar-refractivity contribution is -0.0553. The molecule has 9 heteroatoms. The van der Waals surface area contributed by atoms with Crippen molar-refractivity contribution in [2.24, 2.45) is 7.05 Å². The molecule has 0 aliphatic rings. The summed E-state index contributed by atoms with van der Waals surface area (Å²) in [6.45, 7) is -3.01. The van der Waals surface area contributed by atoms with Crippen molar-refractivity contribution < 1.29 is 27.5 Å². The van der Waals surface area contributed by atoms with E-state index in [4.69, 9.17) is 9.15 Å². The Morgan fingerprint density at radius 1 is 1.26 bits per heavy atom. The van der Waals surface area contributed by atoms with Crippen molar-refractivity contribution in [1.29, 1.82) is 0 Å². The molecule has 0 aliphatic heterocycles. The van der Waals surface area contributed by atoms with Crippen LogP contribution in [0.15, 0.2) is 53.1 Å². The van der Waals surface area contributed by atoms with Crippen LogP contribution in [0.3, 0.4) is 0 Å². The summed E-state index contributed by atoms with van der Waals surface area (Å²) in [4.78, 5) is 12.7. The molecule has 0 saturated heterocycles. The molecule has 1 aromatic carbocycles. The lowest BCUT2D eigenvalue weighted by atomic mass is 10.0. The summed E-state index contributed by atoms with van der Waals surface area (Å²) in [6, 6.07) is 11.0. The summed E-state index contributed by atoms with van der Waals surface area (Å²) >= 11 is 0. The maximum atomic E-state index is 12.7. The van der Waals surface area contributed by atoms with E-state index < -0.39 is 18.6 Å². The molecule has 142 valence electrons. The number of rotatable bonds is 7. The van der Waals surface area contributed by atoms with Crippen molar-refractivity contribution >= 4 is 5.91 Å². The van der Waals surface area contributed by atoms with E-state index >= 15 is 0 Å². The van der Waals surface area contributed by atoms with Crippen LogP contribution in [0, 0.1) is 0 Å². The van der Waals surface area contributed by atoms with E-state index in [2.05, 4.69) is 15.2 Å². The first kappa shape index (κ1) is 18.4. The van der Waals surface area contributed by atoms with Gasteiger partial charge in [-0.25, -0.2) is 4.68 Å². The summed E-state index contributed by atoms with van der Waals surface area (Å²) in [6.07, 6.45) is 1.49. The van der Waals surface area contributed by atoms with Gasteiger partial charge in [0.15, 0.2) is 5.69 Å². The molecule has 1 atom stereocenters. The van der Waals surface area contributed by atoms with Gasteiger partial charge in [-0.2, -0.15) is 13.9 Å². The molecule has 3 aromatic rings. The summed E-state index contributed by atoms with van der Waals surface area (Å²) < 4.78 is 41.0. The number of methoxy groups -OCH3 is 1. The van der Waals surface area contributed by atoms with Gasteiger partial charge in [0.05, 0.1) is 13.4 Å². The zero-order valence-electron chi connectivity index (χ0n) is 14.6. The smallest absolute Gasteiger partial charge is 0.388 e. The molecule has 3 rings (SSSR count). The summed E-state index contributed by atoms with van der Waals surface area (Å²) in [7, 11) is 2.92. The van der Waals surface area contributed by atoms with Gasteiger partial charge in [-0.1, -0.05) is 18.2 Å². The van der Waals surface area contributed by atoms with Crippen LogP contribution in [0.25, 0.3) is 0 Å². The van der Waals surface area contributed by atoms with Gasteiger partial charge >= 0.3 is 6.61 Å². The van der Waals surface area contributed by atoms with Gasteiger partial charge in [0.2, 0.25) is 5.88 Å². The largest absolute Gasteiger partial charge is 0.496 e. The Morgan fingerprint density at radius 3 is 2.70 bits per heavy atom. The summed E-state index contributed by atoms with van der Waals surface area (Å²) in [5, 5.41) is 6.71. The number of aromatic nitrogens is 2. The van der Waals surface area contributed by atoms with E-state index in [1.54, 1.807) is 36.4 Å². The van der Waals surface area contributed by atoms with Gasteiger partial charge < -0.3 is 19.2 Å². The molecule has 0 radical (unpaired) electrons. The van der Waals surface area contributed by atoms with Crippen LogP contribution in [0.2, 0.25) is 0 Å². The van der Waals surface area contributed by atoms with Gasteiger partial charge in [-0.05, 0) is 18.2 Å². The maximum Gasteiger partial charge on any atom is 0.388 e. The molecule has 0 spiro atoms. The molecule has 0 aliphatic carbocycles. The van der Waals surface area contributed by atoms with Crippen LogP contribution in [-0.4, -0.2) is 29.4 Å². The van der Waals surface area contributed by atoms with Crippen LogP contribution < -0.4 is 14.8 Å². The highest BCUT2D eigenvalue weighted by molar-refractivity contribution is 5.93. The Labute approximate surface area is 153 Å². The Kier molecular flexibility index (Phi) is 5.39. The molecule has 1 amide bonds. The molecule has 7 nitrogen and oxygen atoms in total. The van der Waals surface area contributed by atoms with Crippen molar-refractivity contribution in [1.82, 2.24) is 15.1 Å². The van der Waals surface area contributed by atoms with Crippen LogP contribution in [-0.2, 0) is 7.05 Å². The van der Waals surface area contributed by atoms with Gasteiger partial charge in [0.1, 0.15) is 17.6 Å². The maximum absolute atomic E-state index is 12.7. The number of halogens is 2. The zero-order valence-corrected chi connectivity index (χ0v) is 14.6. The highest BCUT2D eigenvalue weighted by Gasteiger charge is 2.25. The third-order valence-electron chi connectivity index (χ3n) is 3.83. The standard InChI is InChI=1S/C18H17F2N3O4/c1-23-15(27-18(19)20)10-12(22-23)17(24)21-16(14-8-5-9-26-14)11-6-3-4-7-13(11)25-2/h3-10,16,18H,1-2H3,(H,21,24). The molecule has 2 aromatic heterocycles. The number of nitrogens with one attached hydrogen (secondary N) is 1. The molecule has 0 fully saturated rings. The van der Waals surface area contributed by atoms with E-state index in [-0.39, 0.29) is 11.6 Å². The van der Waals surface area contributed by atoms with Gasteiger partial charge in [0.25, 0.3) is 5.91 Å². The minimum atomic E-state index is -3.01. The summed E-state index contributed by atoms with van der Waals surface area (Å²) in [5.41, 5.74) is 0.600. The normalized spacial score (nSPS) is 12.0. The third kappa shape index (κ3) is 4.08. The number of furan rings is 1. The van der Waals surface area contributed by atoms with E-state index in [1.165, 1.54) is 20.4 Å². The quantitative estimate of drug-likeness (QED) is 0.684. The average Bonchev–Trinajstić information content (AvgIpc) is 3.30. The lowest BCUT2D eigenvalue weighted by Gasteiger charge is -2.19. The monoisotopic (exact) mass is 377 g/mol. The SMILES string of the molecule is COc1ccccc1C(NC(=O)c1cc(OC(F)F)n(C)n1)c1ccco1. The fraction of sp³-hybridized carbons (Fsp3) is 0.222. The molecule has 0 saturated carbocycles. The number of hydrogen-bond acceptors (Lipinski definition) is 5. The van der Waals surface area contributed by atoms with E-state index in [9.17, 15) is 13.6 Å². The second-order valence-corrected chi connectivity index (χ2v) is 5.53. The number of amides is 1. The van der Waals surface area contributed by atoms with Crippen LogP contribution in [0.5, 0.6) is 11.6 Å². The number of ether oxygens (including phenoxy) is 2. The van der Waals surface area contributed by atoms with E-state index in [0.29, 0.717) is 17.1 Å². The number of alkyl halides is 2. The predicted molar refractivity (Wildman–Crippen MR) is 90.9 cm³/mol. The highest BCUT2D eigenvalue weighted by atomic mass is 19.3. The third-order valence-corrected chi connectivity index (χ3v) is 3.83. The number of carbonyl (C=O) groups is 1. The molecule has 2 heterocycles. The molecule has 1 N–H and O–H groups in total. The first-order valence-corrected chi connectivity index (χ1v) is 7.95. The van der Waals surface area contributed by atoms with Gasteiger partial charge in [-0.3, -0.25) is 4.79 Å². The van der Waals surface area contributed by atoms with Gasteiger partial charge in [-0.15, -0.1) is 0 Å². The number of para-hydroxylation sites is 1. The first-order chi connectivity index (χ1) is 13.0. The number of nitrogens with zero attached hydrogens (tertiary/aromatic N) is 2. The lowest BCUT2D eigenvalue weighted by Crippen LogP contribution is -2.29. The van der Waals surface area contributed by atoms with Crippen molar-refractivity contribution in [3.05, 3.63) is 65.7 Å². The highest BCUT2D eigenvalue weighted by Crippen LogP contribution is 2.30. The Hall–Kier alpha value is -3.36. The second-order valence-electron chi connectivity index (χ2n) is 5.53. The molecule has 1 unspecified atom stereocenters. The second kappa shape index (κ2) is 7.90. The van der Waals surface area contributed by atoms with Crippen LogP contribution >= 0.6 is 0 Å². The first-order valence-electron chi connectivity index (χ1n) is 7.95. The van der Waals surface area contributed by atoms with Crippen molar-refractivity contribution in [2.45, 2.75) is 12.7 Å². The minimum Gasteiger partial charge on any atom is -0.496 e. The predicted octanol–water partition coefficient (Wildman–Crippen LogP) is 3.14. The molecular formula is C18H17F2N3O4. The Bertz CT molecular complexity index is 909. The number of benzene rings is 1. The topological polar surface area (TPSA) is 78.5 Å². The van der Waals surface area contributed by atoms with Crippen molar-refractivity contribution in [3.63, 3.8) is 0 Å². The number of hydrogen-bond donors (Lipinski definition) is 1. The number of aryl methyl sites for hydroxylation is 1. The number of carbonyl (C=O) groups excluding carboxylic acids is 1. The van der Waals surface area contributed by atoms with Crippen molar-refractivity contribution in [2.75, 3.05) is 7.11 Å². The van der Waals surface area contributed by atoms with E-state index in [0.717, 1.165) is 10.7 Å². The fourth-order valence-corrected chi connectivity index (χ4v) is 2.63. The average molecular weight is 377 g/mol. The molecular weight excluding hydrogens is 360 g/mol. The fourth-order valence-electron chi connectivity index (χ4n) is 2.63. The minimum absolute atomic E-state index is 0.0698. The van der Waals surface area contributed by atoms with Crippen LogP contribution in [0.1, 0.15) is 27.9 Å². The van der Waals surface area contributed by atoms with Crippen molar-refractivity contribution in [3.8, 4) is 11.6 Å². The Morgan fingerprint density at radius 2 is 2.04 bits per heavy atom. The zero-order chi connectivity index (χ0) is 19.4. The molecule has 27 heavy (non-hydrogen) atoms. The summed E-state index contributed by atoms with van der Waals surface area (Å²) in [5.74, 6) is 0.235. The molecule has 0 bridgehead atoms. The Balaban J connectivity index is 1.90. The van der Waals surface area contributed by atoms with Crippen LogP contribution in [0.4, 0.5) is 8.78 Å².